The lowest BCUT2D eigenvalue weighted by atomic mass is 10.2. The molecule has 0 fully saturated rings. The highest BCUT2D eigenvalue weighted by Crippen LogP contribution is 2.21. The van der Waals surface area contributed by atoms with Crippen molar-refractivity contribution in [2.24, 2.45) is 4.99 Å². The first-order valence-electron chi connectivity index (χ1n) is 7.85. The van der Waals surface area contributed by atoms with E-state index in [2.05, 4.69) is 42.7 Å². The van der Waals surface area contributed by atoms with Gasteiger partial charge in [-0.3, -0.25) is 4.99 Å². The first-order valence-corrected chi connectivity index (χ1v) is 9.07. The zero-order chi connectivity index (χ0) is 17.1. The molecule has 0 atom stereocenters. The number of nitrogens with one attached hydrogen (secondary N) is 2. The standard InChI is InChI=1S/C17H29N3O2S/c1-6-18-16(20-13-17(2,3)23-5)19-11-12-22-15-9-7-14(21-4)8-10-15/h7-10H,6,11-13H2,1-5H3,(H2,18,19,20). The van der Waals surface area contributed by atoms with Crippen LogP contribution in [0.2, 0.25) is 0 Å². The molecular weight excluding hydrogens is 310 g/mol. The van der Waals surface area contributed by atoms with Gasteiger partial charge in [-0.25, -0.2) is 0 Å². The van der Waals surface area contributed by atoms with E-state index >= 15 is 0 Å². The number of ether oxygens (including phenoxy) is 2. The number of methoxy groups -OCH3 is 1. The molecule has 0 saturated carbocycles. The van der Waals surface area contributed by atoms with Gasteiger partial charge < -0.3 is 20.1 Å². The minimum atomic E-state index is 0.141. The third kappa shape index (κ3) is 8.02. The number of guanidine groups is 1. The molecule has 130 valence electrons. The Hall–Kier alpha value is -1.56. The molecule has 0 aromatic heterocycles. The zero-order valence-electron chi connectivity index (χ0n) is 14.8. The summed E-state index contributed by atoms with van der Waals surface area (Å²) in [4.78, 5) is 4.62. The maximum absolute atomic E-state index is 5.70. The van der Waals surface area contributed by atoms with Crippen LogP contribution in [0.1, 0.15) is 20.8 Å². The fourth-order valence-electron chi connectivity index (χ4n) is 1.69. The summed E-state index contributed by atoms with van der Waals surface area (Å²) in [6.07, 6.45) is 2.11. The lowest BCUT2D eigenvalue weighted by molar-refractivity contribution is 0.321. The van der Waals surface area contributed by atoms with Crippen LogP contribution in [0.3, 0.4) is 0 Å². The van der Waals surface area contributed by atoms with Crippen molar-refractivity contribution in [2.45, 2.75) is 25.5 Å². The number of hydrogen-bond acceptors (Lipinski definition) is 4. The van der Waals surface area contributed by atoms with E-state index in [0.29, 0.717) is 13.2 Å². The normalized spacial score (nSPS) is 12.0. The number of hydrogen-bond donors (Lipinski definition) is 2. The van der Waals surface area contributed by atoms with E-state index in [4.69, 9.17) is 9.47 Å². The molecule has 5 nitrogen and oxygen atoms in total. The number of aliphatic imine (C=N–C) groups is 1. The van der Waals surface area contributed by atoms with Crippen molar-refractivity contribution >= 4 is 17.7 Å². The van der Waals surface area contributed by atoms with E-state index in [-0.39, 0.29) is 4.75 Å². The van der Waals surface area contributed by atoms with Crippen LogP contribution < -0.4 is 20.1 Å². The van der Waals surface area contributed by atoms with Crippen LogP contribution in [-0.2, 0) is 0 Å². The predicted molar refractivity (Wildman–Crippen MR) is 100 cm³/mol. The SMILES string of the molecule is CCNC(=NCC(C)(C)SC)NCCOc1ccc(OC)cc1. The molecule has 0 amide bonds. The Morgan fingerprint density at radius 3 is 2.39 bits per heavy atom. The van der Waals surface area contributed by atoms with Gasteiger partial charge in [0.25, 0.3) is 0 Å². The van der Waals surface area contributed by atoms with Crippen molar-refractivity contribution in [1.82, 2.24) is 10.6 Å². The minimum Gasteiger partial charge on any atom is -0.497 e. The molecule has 0 heterocycles. The van der Waals surface area contributed by atoms with Crippen molar-refractivity contribution in [3.05, 3.63) is 24.3 Å². The summed E-state index contributed by atoms with van der Waals surface area (Å²) >= 11 is 1.82. The van der Waals surface area contributed by atoms with Gasteiger partial charge in [0.05, 0.1) is 20.2 Å². The van der Waals surface area contributed by atoms with Crippen LogP contribution in [0.25, 0.3) is 0 Å². The smallest absolute Gasteiger partial charge is 0.191 e. The summed E-state index contributed by atoms with van der Waals surface area (Å²) in [5.41, 5.74) is 0. The van der Waals surface area contributed by atoms with Gasteiger partial charge in [0.1, 0.15) is 18.1 Å². The van der Waals surface area contributed by atoms with E-state index in [1.54, 1.807) is 7.11 Å². The summed E-state index contributed by atoms with van der Waals surface area (Å²) in [5, 5.41) is 6.54. The van der Waals surface area contributed by atoms with Gasteiger partial charge in [0.15, 0.2) is 5.96 Å². The second-order valence-corrected chi connectivity index (χ2v) is 7.12. The lowest BCUT2D eigenvalue weighted by Crippen LogP contribution is -2.40. The van der Waals surface area contributed by atoms with Crippen molar-refractivity contribution in [1.29, 1.82) is 0 Å². The van der Waals surface area contributed by atoms with E-state index in [0.717, 1.165) is 30.5 Å². The van der Waals surface area contributed by atoms with Gasteiger partial charge in [-0.2, -0.15) is 11.8 Å². The van der Waals surface area contributed by atoms with Crippen LogP contribution >= 0.6 is 11.8 Å². The molecule has 1 rings (SSSR count). The molecule has 0 aliphatic heterocycles. The summed E-state index contributed by atoms with van der Waals surface area (Å²) in [6.45, 7) is 9.31. The van der Waals surface area contributed by atoms with Crippen LogP contribution in [-0.4, -0.2) is 50.3 Å². The topological polar surface area (TPSA) is 54.9 Å². The Morgan fingerprint density at radius 1 is 1.17 bits per heavy atom. The number of benzene rings is 1. The van der Waals surface area contributed by atoms with Crippen LogP contribution in [0, 0.1) is 0 Å². The van der Waals surface area contributed by atoms with Crippen molar-refractivity contribution in [2.75, 3.05) is 39.6 Å². The van der Waals surface area contributed by atoms with Gasteiger partial charge >= 0.3 is 0 Å². The van der Waals surface area contributed by atoms with E-state index in [9.17, 15) is 0 Å². The molecule has 23 heavy (non-hydrogen) atoms. The van der Waals surface area contributed by atoms with Crippen LogP contribution in [0.5, 0.6) is 11.5 Å². The van der Waals surface area contributed by atoms with E-state index in [1.807, 2.05) is 36.0 Å². The minimum absolute atomic E-state index is 0.141. The molecule has 0 saturated heterocycles. The highest BCUT2D eigenvalue weighted by atomic mass is 32.2. The summed E-state index contributed by atoms with van der Waals surface area (Å²) in [6, 6.07) is 7.58. The number of nitrogens with zero attached hydrogens (tertiary/aromatic N) is 1. The Labute approximate surface area is 144 Å². The molecule has 0 spiro atoms. The van der Waals surface area contributed by atoms with Gasteiger partial charge in [-0.15, -0.1) is 0 Å². The first-order chi connectivity index (χ1) is 11.0. The lowest BCUT2D eigenvalue weighted by Gasteiger charge is -2.20. The monoisotopic (exact) mass is 339 g/mol. The second-order valence-electron chi connectivity index (χ2n) is 5.61. The summed E-state index contributed by atoms with van der Waals surface area (Å²) < 4.78 is 11.0. The number of rotatable bonds is 9. The van der Waals surface area contributed by atoms with Crippen LogP contribution in [0.15, 0.2) is 29.3 Å². The van der Waals surface area contributed by atoms with E-state index < -0.39 is 0 Å². The van der Waals surface area contributed by atoms with Gasteiger partial charge in [0, 0.05) is 11.3 Å². The zero-order valence-corrected chi connectivity index (χ0v) is 15.6. The summed E-state index contributed by atoms with van der Waals surface area (Å²) in [7, 11) is 1.65. The third-order valence-corrected chi connectivity index (χ3v) is 4.47. The Bertz CT molecular complexity index is 475. The fraction of sp³-hybridized carbons (Fsp3) is 0.588. The molecule has 0 aliphatic carbocycles. The average Bonchev–Trinajstić information content (AvgIpc) is 2.57. The van der Waals surface area contributed by atoms with Crippen LogP contribution in [0.4, 0.5) is 0 Å². The van der Waals surface area contributed by atoms with E-state index in [1.165, 1.54) is 0 Å². The Balaban J connectivity index is 2.38. The summed E-state index contributed by atoms with van der Waals surface area (Å²) in [5.74, 6) is 2.49. The van der Waals surface area contributed by atoms with Crippen molar-refractivity contribution in [3.63, 3.8) is 0 Å². The second kappa shape index (κ2) is 10.3. The van der Waals surface area contributed by atoms with Crippen molar-refractivity contribution < 1.29 is 9.47 Å². The fourth-order valence-corrected chi connectivity index (χ4v) is 1.88. The molecular formula is C17H29N3O2S. The largest absolute Gasteiger partial charge is 0.497 e. The average molecular weight is 340 g/mol. The molecule has 0 bridgehead atoms. The van der Waals surface area contributed by atoms with Gasteiger partial charge in [-0.1, -0.05) is 0 Å². The predicted octanol–water partition coefficient (Wildman–Crippen LogP) is 2.77. The molecule has 0 aliphatic rings. The molecule has 6 heteroatoms. The molecule has 0 unspecified atom stereocenters. The Kier molecular flexibility index (Phi) is 8.69. The van der Waals surface area contributed by atoms with Crippen molar-refractivity contribution in [3.8, 4) is 11.5 Å². The van der Waals surface area contributed by atoms with Gasteiger partial charge in [-0.05, 0) is 51.3 Å². The third-order valence-electron chi connectivity index (χ3n) is 3.24. The number of thioether (sulfide) groups is 1. The Morgan fingerprint density at radius 2 is 1.83 bits per heavy atom. The quantitative estimate of drug-likeness (QED) is 0.412. The maximum atomic E-state index is 5.70. The molecule has 0 radical (unpaired) electrons. The molecule has 1 aromatic carbocycles. The maximum Gasteiger partial charge on any atom is 0.191 e. The van der Waals surface area contributed by atoms with Gasteiger partial charge in [0.2, 0.25) is 0 Å². The molecule has 1 aromatic rings. The highest BCUT2D eigenvalue weighted by Gasteiger charge is 2.15. The first kappa shape index (κ1) is 19.5. The highest BCUT2D eigenvalue weighted by molar-refractivity contribution is 7.99. The molecule has 2 N–H and O–H groups in total.